The van der Waals surface area contributed by atoms with Crippen molar-refractivity contribution in [1.82, 2.24) is 0 Å². The van der Waals surface area contributed by atoms with Crippen molar-refractivity contribution in [3.05, 3.63) is 46.9 Å². The minimum absolute atomic E-state index is 0.174. The van der Waals surface area contributed by atoms with E-state index in [0.29, 0.717) is 11.1 Å². The molecular weight excluding hydrogens is 384 g/mol. The fraction of sp³-hybridized carbons (Fsp3) is 0.545. The monoisotopic (exact) mass is 418 g/mol. The molecule has 1 aliphatic carbocycles. The van der Waals surface area contributed by atoms with E-state index in [2.05, 4.69) is 41.5 Å². The zero-order chi connectivity index (χ0) is 20.9. The number of hydrogen-bond acceptors (Lipinski definition) is 4. The first-order chi connectivity index (χ1) is 13.4. The lowest BCUT2D eigenvalue weighted by atomic mass is 9.92. The lowest BCUT2D eigenvalue weighted by Crippen LogP contribution is -2.42. The lowest BCUT2D eigenvalue weighted by molar-refractivity contribution is 0.0889. The van der Waals surface area contributed by atoms with Crippen molar-refractivity contribution >= 4 is 28.2 Å². The Morgan fingerprint density at radius 2 is 0.893 bits per heavy atom. The van der Waals surface area contributed by atoms with Crippen molar-refractivity contribution < 1.29 is 18.4 Å². The number of rotatable bonds is 10. The number of hydrogen-bond donors (Lipinski definition) is 0. The minimum Gasteiger partial charge on any atom is -0.538 e. The molecule has 1 aromatic carbocycles. The Morgan fingerprint density at radius 3 is 1.14 bits per heavy atom. The molecule has 1 aromatic rings. The molecule has 6 heteroatoms. The number of fused-ring (bicyclic) bond motifs is 1. The Balaban J connectivity index is 2.65. The van der Waals surface area contributed by atoms with Crippen molar-refractivity contribution in [2.75, 3.05) is 0 Å². The van der Waals surface area contributed by atoms with Gasteiger partial charge in [0.25, 0.3) is 16.6 Å². The van der Waals surface area contributed by atoms with E-state index < -0.39 is 16.6 Å². The van der Waals surface area contributed by atoms with Gasteiger partial charge in [-0.2, -0.15) is 0 Å². The standard InChI is InChI=1S/C22H34O4Si2/c1-7-27(8-2,9-3)25-21-19(23)17-15-13-14-16-18(17)20(24)22(21)26-28(10-4,11-5)12-6/h13-16H,7-12H2,1-6H3. The molecule has 28 heavy (non-hydrogen) atoms. The van der Waals surface area contributed by atoms with E-state index in [1.54, 1.807) is 24.3 Å². The van der Waals surface area contributed by atoms with Crippen LogP contribution in [0.1, 0.15) is 62.3 Å². The van der Waals surface area contributed by atoms with Gasteiger partial charge in [0.05, 0.1) is 0 Å². The lowest BCUT2D eigenvalue weighted by Gasteiger charge is -2.35. The van der Waals surface area contributed by atoms with Crippen molar-refractivity contribution in [2.45, 2.75) is 77.8 Å². The van der Waals surface area contributed by atoms with Gasteiger partial charge in [-0.15, -0.1) is 0 Å². The van der Waals surface area contributed by atoms with Crippen LogP contribution < -0.4 is 0 Å². The summed E-state index contributed by atoms with van der Waals surface area (Å²) in [6.45, 7) is 12.7. The van der Waals surface area contributed by atoms with E-state index in [0.717, 1.165) is 36.3 Å². The average Bonchev–Trinajstić information content (AvgIpc) is 2.75. The van der Waals surface area contributed by atoms with Crippen LogP contribution in [0.5, 0.6) is 0 Å². The quantitative estimate of drug-likeness (QED) is 0.417. The first-order valence-corrected chi connectivity index (χ1v) is 15.7. The fourth-order valence-electron chi connectivity index (χ4n) is 3.88. The number of ketones is 2. The Bertz CT molecular complexity index is 682. The van der Waals surface area contributed by atoms with Gasteiger partial charge < -0.3 is 8.85 Å². The zero-order valence-corrected chi connectivity index (χ0v) is 20.2. The predicted molar refractivity (Wildman–Crippen MR) is 119 cm³/mol. The average molecular weight is 419 g/mol. The third kappa shape index (κ3) is 4.03. The van der Waals surface area contributed by atoms with Crippen LogP contribution in [0, 0.1) is 0 Å². The summed E-state index contributed by atoms with van der Waals surface area (Å²) in [5.41, 5.74) is 0.857. The predicted octanol–water partition coefficient (Wildman–Crippen LogP) is 6.32. The highest BCUT2D eigenvalue weighted by Gasteiger charge is 2.43. The number of benzene rings is 1. The second-order valence-corrected chi connectivity index (χ2v) is 16.9. The van der Waals surface area contributed by atoms with Crippen LogP contribution in [0.3, 0.4) is 0 Å². The van der Waals surface area contributed by atoms with Crippen LogP contribution in [0.2, 0.25) is 36.3 Å². The Morgan fingerprint density at radius 1 is 0.607 bits per heavy atom. The summed E-state index contributed by atoms with van der Waals surface area (Å²) in [6.07, 6.45) is 0. The third-order valence-corrected chi connectivity index (χ3v) is 15.5. The highest BCUT2D eigenvalue weighted by Crippen LogP contribution is 2.36. The molecule has 0 unspecified atom stereocenters. The van der Waals surface area contributed by atoms with E-state index in [4.69, 9.17) is 8.85 Å². The largest absolute Gasteiger partial charge is 0.538 e. The number of carbonyl (C=O) groups is 2. The molecule has 0 radical (unpaired) electrons. The summed E-state index contributed by atoms with van der Waals surface area (Å²) >= 11 is 0. The van der Waals surface area contributed by atoms with Gasteiger partial charge in [-0.1, -0.05) is 65.8 Å². The van der Waals surface area contributed by atoms with Gasteiger partial charge in [0.1, 0.15) is 0 Å². The van der Waals surface area contributed by atoms with Gasteiger partial charge in [-0.25, -0.2) is 0 Å². The normalized spacial score (nSPS) is 14.9. The smallest absolute Gasteiger partial charge is 0.250 e. The third-order valence-electron chi connectivity index (χ3n) is 6.54. The van der Waals surface area contributed by atoms with Crippen LogP contribution in [0.4, 0.5) is 0 Å². The summed E-state index contributed by atoms with van der Waals surface area (Å²) in [5, 5.41) is 0. The summed E-state index contributed by atoms with van der Waals surface area (Å²) in [6, 6.07) is 12.4. The van der Waals surface area contributed by atoms with Crippen LogP contribution in [-0.4, -0.2) is 28.2 Å². The second kappa shape index (κ2) is 9.22. The first kappa shape index (κ1) is 22.6. The molecular formula is C22H34O4Si2. The van der Waals surface area contributed by atoms with Crippen molar-refractivity contribution in [3.63, 3.8) is 0 Å². The molecule has 0 fully saturated rings. The number of allylic oxidation sites excluding steroid dienone is 2. The van der Waals surface area contributed by atoms with Crippen molar-refractivity contribution in [2.24, 2.45) is 0 Å². The molecule has 4 nitrogen and oxygen atoms in total. The number of carbonyl (C=O) groups excluding carboxylic acids is 2. The Kier molecular flexibility index (Phi) is 7.45. The molecule has 0 N–H and O–H groups in total. The molecule has 0 spiro atoms. The van der Waals surface area contributed by atoms with Gasteiger partial charge in [0.2, 0.25) is 11.6 Å². The van der Waals surface area contributed by atoms with Gasteiger partial charge in [0, 0.05) is 11.1 Å². The SMILES string of the molecule is CC[Si](CC)(CC)OC1=C(O[Si](CC)(CC)CC)C(=O)c2ccccc2C1=O. The molecule has 0 atom stereocenters. The maximum absolute atomic E-state index is 13.4. The van der Waals surface area contributed by atoms with E-state index in [-0.39, 0.29) is 23.1 Å². The van der Waals surface area contributed by atoms with Gasteiger partial charge in [0.15, 0.2) is 11.5 Å². The maximum Gasteiger partial charge on any atom is 0.250 e. The van der Waals surface area contributed by atoms with E-state index in [1.807, 2.05) is 0 Å². The summed E-state index contributed by atoms with van der Waals surface area (Å²) < 4.78 is 13.0. The Hall–Kier alpha value is -1.67. The van der Waals surface area contributed by atoms with Gasteiger partial charge >= 0.3 is 0 Å². The second-order valence-electron chi connectivity index (χ2n) is 7.55. The van der Waals surface area contributed by atoms with Crippen molar-refractivity contribution in [1.29, 1.82) is 0 Å². The van der Waals surface area contributed by atoms with Crippen LogP contribution in [-0.2, 0) is 8.85 Å². The maximum atomic E-state index is 13.4. The van der Waals surface area contributed by atoms with Crippen LogP contribution >= 0.6 is 0 Å². The number of Topliss-reactive ketones (excluding diaryl/α,β-unsaturated/α-hetero) is 2. The molecule has 154 valence electrons. The van der Waals surface area contributed by atoms with Crippen LogP contribution in [0.15, 0.2) is 35.8 Å². The van der Waals surface area contributed by atoms with E-state index in [1.165, 1.54) is 0 Å². The van der Waals surface area contributed by atoms with Gasteiger partial charge in [-0.3, -0.25) is 9.59 Å². The minimum atomic E-state index is -2.14. The summed E-state index contributed by atoms with van der Waals surface area (Å²) in [5.74, 6) is -0.0615. The van der Waals surface area contributed by atoms with E-state index in [9.17, 15) is 9.59 Å². The molecule has 0 bridgehead atoms. The van der Waals surface area contributed by atoms with E-state index >= 15 is 0 Å². The first-order valence-electron chi connectivity index (χ1n) is 10.7. The fourth-order valence-corrected chi connectivity index (χ4v) is 8.98. The molecule has 0 saturated carbocycles. The zero-order valence-electron chi connectivity index (χ0n) is 18.2. The molecule has 1 aliphatic rings. The molecule has 0 aromatic heterocycles. The molecule has 0 aliphatic heterocycles. The topological polar surface area (TPSA) is 52.6 Å². The molecule has 0 saturated heterocycles. The van der Waals surface area contributed by atoms with Gasteiger partial charge in [-0.05, 0) is 36.3 Å². The van der Waals surface area contributed by atoms with Crippen molar-refractivity contribution in [3.8, 4) is 0 Å². The molecule has 0 amide bonds. The Labute approximate surface area is 171 Å². The molecule has 0 heterocycles. The highest BCUT2D eigenvalue weighted by molar-refractivity contribution is 6.75. The highest BCUT2D eigenvalue weighted by atomic mass is 28.4. The van der Waals surface area contributed by atoms with Crippen LogP contribution in [0.25, 0.3) is 0 Å². The summed E-state index contributed by atoms with van der Waals surface area (Å²) in [7, 11) is -4.28. The summed E-state index contributed by atoms with van der Waals surface area (Å²) in [4.78, 5) is 26.7. The molecule has 2 rings (SSSR count).